The first-order valence-corrected chi connectivity index (χ1v) is 5.35. The lowest BCUT2D eigenvalue weighted by molar-refractivity contribution is 0.352. The van der Waals surface area contributed by atoms with Gasteiger partial charge in [0.05, 0.1) is 0 Å². The van der Waals surface area contributed by atoms with Gasteiger partial charge in [-0.1, -0.05) is 44.2 Å². The van der Waals surface area contributed by atoms with Gasteiger partial charge in [-0.15, -0.1) is 0 Å². The minimum absolute atomic E-state index is 0.659. The van der Waals surface area contributed by atoms with Crippen LogP contribution in [0.15, 0.2) is 30.3 Å². The van der Waals surface area contributed by atoms with Crippen LogP contribution in [0.25, 0.3) is 0 Å². The summed E-state index contributed by atoms with van der Waals surface area (Å²) in [5.74, 6) is 0.659. The highest BCUT2D eigenvalue weighted by Gasteiger charge is 1.93. The summed E-state index contributed by atoms with van der Waals surface area (Å²) in [5, 5.41) is 0. The van der Waals surface area contributed by atoms with Crippen molar-refractivity contribution in [3.63, 3.8) is 0 Å². The van der Waals surface area contributed by atoms with E-state index in [0.29, 0.717) is 5.92 Å². The second kappa shape index (κ2) is 5.74. The number of benzene rings is 1. The van der Waals surface area contributed by atoms with E-state index in [9.17, 15) is 0 Å². The summed E-state index contributed by atoms with van der Waals surface area (Å²) < 4.78 is 34.1. The molecular formula is C9H12O4S-2. The Hall–Kier alpha value is -0.910. The second-order valence-electron chi connectivity index (χ2n) is 2.97. The van der Waals surface area contributed by atoms with E-state index in [2.05, 4.69) is 38.1 Å². The summed E-state index contributed by atoms with van der Waals surface area (Å²) in [4.78, 5) is 0. The van der Waals surface area contributed by atoms with Crippen molar-refractivity contribution in [2.24, 2.45) is 0 Å². The van der Waals surface area contributed by atoms with Gasteiger partial charge in [-0.2, -0.15) is 0 Å². The maximum absolute atomic E-state index is 8.52. The zero-order valence-corrected chi connectivity index (χ0v) is 8.82. The quantitative estimate of drug-likeness (QED) is 0.526. The van der Waals surface area contributed by atoms with Gasteiger partial charge in [-0.05, 0) is 11.5 Å². The molecule has 0 aromatic heterocycles. The Bertz CT molecular complexity index is 334. The zero-order valence-electron chi connectivity index (χ0n) is 8.01. The molecule has 5 heteroatoms. The molecular weight excluding hydrogens is 204 g/mol. The van der Waals surface area contributed by atoms with Gasteiger partial charge in [0.2, 0.25) is 0 Å². The van der Waals surface area contributed by atoms with Gasteiger partial charge in [-0.25, -0.2) is 0 Å². The Labute approximate surface area is 84.2 Å². The first-order valence-electron chi connectivity index (χ1n) is 4.02. The van der Waals surface area contributed by atoms with Crippen LogP contribution in [0, 0.1) is 0 Å². The van der Waals surface area contributed by atoms with E-state index in [0.717, 1.165) is 0 Å². The highest BCUT2D eigenvalue weighted by Crippen LogP contribution is 2.11. The zero-order chi connectivity index (χ0) is 11.2. The van der Waals surface area contributed by atoms with E-state index in [4.69, 9.17) is 17.5 Å². The molecule has 4 nitrogen and oxygen atoms in total. The molecule has 1 rings (SSSR count). The van der Waals surface area contributed by atoms with Crippen molar-refractivity contribution in [1.82, 2.24) is 0 Å². The summed E-state index contributed by atoms with van der Waals surface area (Å²) in [7, 11) is -5.17. The van der Waals surface area contributed by atoms with Crippen LogP contribution in [0.5, 0.6) is 0 Å². The van der Waals surface area contributed by atoms with Gasteiger partial charge in [0.25, 0.3) is 0 Å². The van der Waals surface area contributed by atoms with Crippen molar-refractivity contribution in [2.75, 3.05) is 0 Å². The molecule has 0 aliphatic heterocycles. The molecule has 0 amide bonds. The maximum Gasteiger partial charge on any atom is 0.0311 e. The topological polar surface area (TPSA) is 80.3 Å². The number of rotatable bonds is 1. The lowest BCUT2D eigenvalue weighted by Crippen LogP contribution is -1.91. The fourth-order valence-corrected chi connectivity index (χ4v) is 0.838. The van der Waals surface area contributed by atoms with E-state index in [1.165, 1.54) is 5.56 Å². The molecule has 0 N–H and O–H groups in total. The van der Waals surface area contributed by atoms with Gasteiger partial charge >= 0.3 is 0 Å². The summed E-state index contributed by atoms with van der Waals surface area (Å²) in [6.07, 6.45) is 0. The van der Waals surface area contributed by atoms with Crippen molar-refractivity contribution in [3.05, 3.63) is 35.9 Å². The third-order valence-electron chi connectivity index (χ3n) is 1.47. The highest BCUT2D eigenvalue weighted by atomic mass is 32.3. The van der Waals surface area contributed by atoms with Crippen molar-refractivity contribution in [1.29, 1.82) is 0 Å². The summed E-state index contributed by atoms with van der Waals surface area (Å²) in [5.41, 5.74) is 1.41. The molecule has 1 aromatic carbocycles. The van der Waals surface area contributed by atoms with Crippen LogP contribution in [-0.2, 0) is 10.4 Å². The van der Waals surface area contributed by atoms with Gasteiger partial charge in [0.15, 0.2) is 0 Å². The van der Waals surface area contributed by atoms with Crippen LogP contribution in [-0.4, -0.2) is 17.5 Å². The van der Waals surface area contributed by atoms with Crippen LogP contribution in [0.2, 0.25) is 0 Å². The van der Waals surface area contributed by atoms with Crippen LogP contribution in [0.4, 0.5) is 0 Å². The normalized spacial score (nSPS) is 10.6. The molecule has 0 atom stereocenters. The first kappa shape index (κ1) is 13.1. The van der Waals surface area contributed by atoms with Crippen molar-refractivity contribution in [2.45, 2.75) is 19.8 Å². The Morgan fingerprint density at radius 1 is 1.07 bits per heavy atom. The number of hydrogen-bond donors (Lipinski definition) is 0. The van der Waals surface area contributed by atoms with E-state index in [1.807, 2.05) is 6.07 Å². The molecule has 0 fully saturated rings. The van der Waals surface area contributed by atoms with Gasteiger partial charge in [0.1, 0.15) is 0 Å². The van der Waals surface area contributed by atoms with Crippen LogP contribution in [0.3, 0.4) is 0 Å². The Morgan fingerprint density at radius 3 is 1.64 bits per heavy atom. The highest BCUT2D eigenvalue weighted by molar-refractivity contribution is 7.79. The SMILES string of the molecule is CC(C)c1ccccc1.O=S(=O)([O-])[O-]. The molecule has 0 radical (unpaired) electrons. The molecule has 0 aliphatic rings. The summed E-state index contributed by atoms with van der Waals surface area (Å²) >= 11 is 0. The standard InChI is InChI=1S/C9H12.H2O4S/c1-8(2)9-6-4-3-5-7-9;1-5(2,3)4/h3-8H,1-2H3;(H2,1,2,3,4)/p-2. The maximum atomic E-state index is 8.52. The first-order chi connectivity index (χ1) is 6.30. The molecule has 0 bridgehead atoms. The van der Waals surface area contributed by atoms with E-state index < -0.39 is 10.4 Å². The van der Waals surface area contributed by atoms with E-state index in [-0.39, 0.29) is 0 Å². The summed E-state index contributed by atoms with van der Waals surface area (Å²) in [6, 6.07) is 10.5. The van der Waals surface area contributed by atoms with E-state index >= 15 is 0 Å². The van der Waals surface area contributed by atoms with Crippen LogP contribution in [0.1, 0.15) is 25.3 Å². The molecule has 0 unspecified atom stereocenters. The monoisotopic (exact) mass is 216 g/mol. The third-order valence-corrected chi connectivity index (χ3v) is 1.47. The molecule has 0 saturated heterocycles. The largest absolute Gasteiger partial charge is 0.759 e. The Balaban J connectivity index is 0.000000292. The Morgan fingerprint density at radius 2 is 1.43 bits per heavy atom. The second-order valence-corrected chi connectivity index (χ2v) is 3.79. The van der Waals surface area contributed by atoms with Gasteiger partial charge in [0, 0.05) is 10.4 Å². The van der Waals surface area contributed by atoms with Crippen molar-refractivity contribution >= 4 is 10.4 Å². The molecule has 14 heavy (non-hydrogen) atoms. The fraction of sp³-hybridized carbons (Fsp3) is 0.333. The van der Waals surface area contributed by atoms with Crippen molar-refractivity contribution in [3.8, 4) is 0 Å². The minimum Gasteiger partial charge on any atom is -0.759 e. The smallest absolute Gasteiger partial charge is 0.0311 e. The average molecular weight is 216 g/mol. The average Bonchev–Trinajstić information content (AvgIpc) is 2.03. The summed E-state index contributed by atoms with van der Waals surface area (Å²) in [6.45, 7) is 4.41. The molecule has 0 heterocycles. The lowest BCUT2D eigenvalue weighted by atomic mass is 10.0. The molecule has 0 saturated carbocycles. The molecule has 1 aromatic rings. The number of hydrogen-bond acceptors (Lipinski definition) is 4. The van der Waals surface area contributed by atoms with E-state index in [1.54, 1.807) is 0 Å². The molecule has 0 spiro atoms. The van der Waals surface area contributed by atoms with Crippen LogP contribution >= 0.6 is 0 Å². The molecule has 80 valence electrons. The van der Waals surface area contributed by atoms with Gasteiger partial charge < -0.3 is 9.11 Å². The predicted octanol–water partition coefficient (Wildman–Crippen LogP) is 1.47. The molecule has 0 aliphatic carbocycles. The fourth-order valence-electron chi connectivity index (χ4n) is 0.838. The van der Waals surface area contributed by atoms with Gasteiger partial charge in [-0.3, -0.25) is 8.42 Å². The lowest BCUT2D eigenvalue weighted by Gasteiger charge is -2.06. The van der Waals surface area contributed by atoms with Crippen LogP contribution < -0.4 is 0 Å². The Kier molecular flexibility index (Phi) is 5.37. The third kappa shape index (κ3) is 9.18. The van der Waals surface area contributed by atoms with Crippen molar-refractivity contribution < 1.29 is 17.5 Å². The predicted molar refractivity (Wildman–Crippen MR) is 51.0 cm³/mol. The minimum atomic E-state index is -5.17.